The lowest BCUT2D eigenvalue weighted by molar-refractivity contribution is -0.241. The van der Waals surface area contributed by atoms with Crippen LogP contribution in [0.3, 0.4) is 0 Å². The van der Waals surface area contributed by atoms with Gasteiger partial charge in [-0.2, -0.15) is 0 Å². The summed E-state index contributed by atoms with van der Waals surface area (Å²) < 4.78 is 22.9. The number of aromatic nitrogens is 2. The van der Waals surface area contributed by atoms with Crippen LogP contribution in [0.15, 0.2) is 64.0 Å². The van der Waals surface area contributed by atoms with Gasteiger partial charge in [-0.15, -0.1) is 0 Å². The number of ether oxygens (including phenoxy) is 4. The Morgan fingerprint density at radius 1 is 1.13 bits per heavy atom. The number of aliphatic hydroxyl groups is 3. The molecule has 2 amide bonds. The molecule has 15 nitrogen and oxygen atoms in total. The Kier molecular flexibility index (Phi) is 8.05. The highest BCUT2D eigenvalue weighted by molar-refractivity contribution is 6.02. The van der Waals surface area contributed by atoms with Crippen LogP contribution < -0.4 is 22.3 Å². The average molecular weight is 534 g/mol. The zero-order valence-corrected chi connectivity index (χ0v) is 19.9. The van der Waals surface area contributed by atoms with Crippen molar-refractivity contribution >= 4 is 17.5 Å². The van der Waals surface area contributed by atoms with Crippen LogP contribution in [0.4, 0.5) is 5.69 Å². The summed E-state index contributed by atoms with van der Waals surface area (Å²) in [5.74, 6) is -2.31. The number of anilines is 1. The fourth-order valence-corrected chi connectivity index (χ4v) is 4.10. The van der Waals surface area contributed by atoms with Gasteiger partial charge in [0.05, 0.1) is 0 Å². The second-order valence-electron chi connectivity index (χ2n) is 8.48. The van der Waals surface area contributed by atoms with Crippen molar-refractivity contribution in [2.24, 2.45) is 5.73 Å². The van der Waals surface area contributed by atoms with Crippen LogP contribution in [0, 0.1) is 0 Å². The number of amides is 2. The van der Waals surface area contributed by atoms with Crippen LogP contribution in [0.25, 0.3) is 0 Å². The Morgan fingerprint density at radius 3 is 2.47 bits per heavy atom. The van der Waals surface area contributed by atoms with E-state index < -0.39 is 78.0 Å². The van der Waals surface area contributed by atoms with E-state index in [1.807, 2.05) is 4.98 Å². The summed E-state index contributed by atoms with van der Waals surface area (Å²) in [4.78, 5) is 50.7. The predicted octanol–water partition coefficient (Wildman–Crippen LogP) is -2.72. The van der Waals surface area contributed by atoms with E-state index in [1.165, 1.54) is 7.11 Å². The molecule has 0 radical (unpaired) electrons. The van der Waals surface area contributed by atoms with Crippen LogP contribution in [0.1, 0.15) is 6.23 Å². The van der Waals surface area contributed by atoms with E-state index in [1.54, 1.807) is 30.3 Å². The highest BCUT2D eigenvalue weighted by Crippen LogP contribution is 2.34. The molecular weight excluding hydrogens is 508 g/mol. The molecular formula is C23H26N4O11. The maximum absolute atomic E-state index is 12.7. The molecule has 2 aliphatic heterocycles. The third-order valence-electron chi connectivity index (χ3n) is 5.96. The molecule has 4 rings (SSSR count). The average Bonchev–Trinajstić information content (AvgIpc) is 3.20. The molecule has 0 saturated carbocycles. The van der Waals surface area contributed by atoms with Gasteiger partial charge in [-0.3, -0.25) is 23.9 Å². The minimum Gasteiger partial charge on any atom is -0.456 e. The second kappa shape index (κ2) is 11.3. The van der Waals surface area contributed by atoms with Gasteiger partial charge in [0.2, 0.25) is 12.2 Å². The fourth-order valence-electron chi connectivity index (χ4n) is 4.10. The molecule has 15 heteroatoms. The number of rotatable bonds is 8. The zero-order chi connectivity index (χ0) is 27.6. The molecule has 1 aromatic carbocycles. The summed E-state index contributed by atoms with van der Waals surface area (Å²) in [6.45, 7) is 0. The number of para-hydroxylation sites is 1. The van der Waals surface area contributed by atoms with Gasteiger partial charge in [0.25, 0.3) is 11.5 Å². The quantitative estimate of drug-likeness (QED) is 0.204. The van der Waals surface area contributed by atoms with Gasteiger partial charge in [-0.25, -0.2) is 4.79 Å². The first-order chi connectivity index (χ1) is 18.1. The van der Waals surface area contributed by atoms with Gasteiger partial charge in [0.15, 0.2) is 18.1 Å². The maximum atomic E-state index is 12.7. The summed E-state index contributed by atoms with van der Waals surface area (Å²) in [5, 5.41) is 34.0. The minimum absolute atomic E-state index is 0.409. The smallest absolute Gasteiger partial charge is 0.330 e. The van der Waals surface area contributed by atoms with Crippen molar-refractivity contribution in [1.29, 1.82) is 0 Å². The zero-order valence-electron chi connectivity index (χ0n) is 19.9. The summed E-state index contributed by atoms with van der Waals surface area (Å²) in [5.41, 5.74) is 4.36. The van der Waals surface area contributed by atoms with Crippen molar-refractivity contribution in [2.75, 3.05) is 12.4 Å². The lowest BCUT2D eigenvalue weighted by Gasteiger charge is -2.35. The van der Waals surface area contributed by atoms with Crippen molar-refractivity contribution in [2.45, 2.75) is 49.1 Å². The molecule has 0 spiro atoms. The first-order valence-corrected chi connectivity index (χ1v) is 11.3. The third-order valence-corrected chi connectivity index (χ3v) is 5.96. The fraction of sp³-hybridized carbons (Fsp3) is 0.391. The van der Waals surface area contributed by atoms with Gasteiger partial charge >= 0.3 is 5.69 Å². The van der Waals surface area contributed by atoms with E-state index in [4.69, 9.17) is 24.7 Å². The monoisotopic (exact) mass is 534 g/mol. The summed E-state index contributed by atoms with van der Waals surface area (Å²) in [6.07, 6.45) is -10.6. The van der Waals surface area contributed by atoms with Crippen molar-refractivity contribution in [3.05, 3.63) is 75.3 Å². The number of nitrogens with one attached hydrogen (secondary N) is 2. The van der Waals surface area contributed by atoms with Crippen LogP contribution >= 0.6 is 0 Å². The number of aromatic amines is 1. The number of carbonyl (C=O) groups is 2. The highest BCUT2D eigenvalue weighted by atomic mass is 16.7. The first-order valence-electron chi connectivity index (χ1n) is 11.3. The number of aliphatic hydroxyl groups excluding tert-OH is 3. The number of primary amides is 1. The van der Waals surface area contributed by atoms with Crippen molar-refractivity contribution in [3.8, 4) is 0 Å². The molecule has 0 aliphatic carbocycles. The van der Waals surface area contributed by atoms with Crippen molar-refractivity contribution in [3.63, 3.8) is 0 Å². The molecule has 38 heavy (non-hydrogen) atoms. The largest absolute Gasteiger partial charge is 0.456 e. The number of nitrogens with zero attached hydrogens (tertiary/aromatic N) is 1. The number of nitrogens with two attached hydrogens (primary N) is 1. The van der Waals surface area contributed by atoms with Crippen molar-refractivity contribution < 1.29 is 43.9 Å². The topological polar surface area (TPSA) is 225 Å². The Bertz CT molecular complexity index is 1310. The van der Waals surface area contributed by atoms with E-state index in [0.717, 1.165) is 22.9 Å². The third kappa shape index (κ3) is 5.52. The maximum Gasteiger partial charge on any atom is 0.330 e. The number of carbonyl (C=O) groups excluding carboxylic acids is 2. The van der Waals surface area contributed by atoms with Crippen LogP contribution in [0.2, 0.25) is 0 Å². The molecule has 1 saturated heterocycles. The molecule has 7 N–H and O–H groups in total. The standard InChI is InChI=1S/C23H26N4O11/c1-35-16-15(31)21(27-8-7-13(29)26-23(27)34)37-17(16)18(19(24)32)38-22-14(30)11(28)9-12(36-22)20(33)25-10-5-3-2-4-6-10/h2-9,11,14-18,21-22,28,30-31H,1H3,(H2,24,32)(H,25,33)(H,26,29,34)/t11-,14-,15-,16+,17+,18-,21-,22+/m1/s1. The van der Waals surface area contributed by atoms with Crippen molar-refractivity contribution in [1.82, 2.24) is 9.55 Å². The molecule has 0 unspecified atom stereocenters. The van der Waals surface area contributed by atoms with E-state index in [2.05, 4.69) is 5.32 Å². The Hall–Kier alpha value is -3.86. The van der Waals surface area contributed by atoms with Gasteiger partial charge in [-0.1, -0.05) is 18.2 Å². The highest BCUT2D eigenvalue weighted by Gasteiger charge is 2.52. The Morgan fingerprint density at radius 2 is 1.84 bits per heavy atom. The van der Waals surface area contributed by atoms with E-state index in [-0.39, 0.29) is 0 Å². The minimum atomic E-state index is -1.78. The Balaban J connectivity index is 1.55. The Labute approximate surface area is 214 Å². The lowest BCUT2D eigenvalue weighted by atomic mass is 10.0. The predicted molar refractivity (Wildman–Crippen MR) is 126 cm³/mol. The molecule has 2 aliphatic rings. The van der Waals surface area contributed by atoms with Crippen LogP contribution in [0.5, 0.6) is 0 Å². The second-order valence-corrected chi connectivity index (χ2v) is 8.48. The summed E-state index contributed by atoms with van der Waals surface area (Å²) >= 11 is 0. The number of methoxy groups -OCH3 is 1. The molecule has 204 valence electrons. The van der Waals surface area contributed by atoms with Gasteiger partial charge in [-0.05, 0) is 18.2 Å². The summed E-state index contributed by atoms with van der Waals surface area (Å²) in [7, 11) is 1.20. The lowest BCUT2D eigenvalue weighted by Crippen LogP contribution is -2.53. The molecule has 1 aromatic heterocycles. The first kappa shape index (κ1) is 27.2. The van der Waals surface area contributed by atoms with Gasteiger partial charge < -0.3 is 45.3 Å². The number of benzene rings is 1. The molecule has 8 atom stereocenters. The van der Waals surface area contributed by atoms with Gasteiger partial charge in [0, 0.05) is 25.1 Å². The number of hydrogen-bond donors (Lipinski definition) is 6. The molecule has 0 bridgehead atoms. The summed E-state index contributed by atoms with van der Waals surface area (Å²) in [6, 6.07) is 9.36. The normalized spacial score (nSPS) is 29.7. The molecule has 3 heterocycles. The van der Waals surface area contributed by atoms with E-state index in [9.17, 15) is 34.5 Å². The SMILES string of the molecule is CO[C@H]1[C@@H](O)[C@H](n2ccc(=O)[nH]c2=O)O[C@@H]1[C@@H](O[C@@H]1OC(C(=O)Nc2ccccc2)=C[C@@H](O)[C@H]1O)C(N)=O. The molecule has 2 aromatic rings. The van der Waals surface area contributed by atoms with E-state index >= 15 is 0 Å². The molecule has 1 fully saturated rings. The van der Waals surface area contributed by atoms with Crippen LogP contribution in [-0.2, 0) is 28.5 Å². The number of H-pyrrole nitrogens is 1. The van der Waals surface area contributed by atoms with E-state index in [0.29, 0.717) is 5.69 Å². The van der Waals surface area contributed by atoms with Gasteiger partial charge in [0.1, 0.15) is 30.5 Å². The van der Waals surface area contributed by atoms with Crippen LogP contribution in [-0.4, -0.2) is 86.7 Å². The number of hydrogen-bond acceptors (Lipinski definition) is 11.